The summed E-state index contributed by atoms with van der Waals surface area (Å²) in [6.07, 6.45) is 0. The SMILES string of the molecule is Cc1ccc(OCCNC(=O)COc2ccc3ccccc3c2Br)cc1. The van der Waals surface area contributed by atoms with E-state index in [1.54, 1.807) is 0 Å². The summed E-state index contributed by atoms with van der Waals surface area (Å²) in [5.74, 6) is 1.26. The number of rotatable bonds is 7. The molecular weight excluding hydrogens is 394 g/mol. The summed E-state index contributed by atoms with van der Waals surface area (Å²) in [5, 5.41) is 4.95. The molecule has 3 rings (SSSR count). The van der Waals surface area contributed by atoms with E-state index in [1.165, 1.54) is 5.56 Å². The van der Waals surface area contributed by atoms with Gasteiger partial charge in [-0.15, -0.1) is 0 Å². The Bertz CT molecular complexity index is 893. The fourth-order valence-electron chi connectivity index (χ4n) is 2.51. The van der Waals surface area contributed by atoms with Gasteiger partial charge in [-0.25, -0.2) is 0 Å². The van der Waals surface area contributed by atoms with Gasteiger partial charge in [0, 0.05) is 0 Å². The van der Waals surface area contributed by atoms with Gasteiger partial charge in [-0.05, 0) is 51.8 Å². The van der Waals surface area contributed by atoms with Crippen molar-refractivity contribution in [1.82, 2.24) is 5.32 Å². The molecule has 0 saturated carbocycles. The van der Waals surface area contributed by atoms with Crippen LogP contribution in [-0.4, -0.2) is 25.7 Å². The quantitative estimate of drug-likeness (QED) is 0.580. The van der Waals surface area contributed by atoms with E-state index in [1.807, 2.05) is 67.6 Å². The third-order valence-corrected chi connectivity index (χ3v) is 4.72. The minimum Gasteiger partial charge on any atom is -0.492 e. The topological polar surface area (TPSA) is 47.6 Å². The molecule has 0 spiro atoms. The van der Waals surface area contributed by atoms with Crippen LogP contribution >= 0.6 is 15.9 Å². The Morgan fingerprint density at radius 2 is 1.77 bits per heavy atom. The van der Waals surface area contributed by atoms with Crippen molar-refractivity contribution in [3.8, 4) is 11.5 Å². The molecule has 0 unspecified atom stereocenters. The molecule has 0 saturated heterocycles. The Hall–Kier alpha value is -2.53. The molecule has 0 aliphatic rings. The van der Waals surface area contributed by atoms with Gasteiger partial charge in [0.15, 0.2) is 6.61 Å². The molecule has 0 bridgehead atoms. The first kappa shape index (κ1) is 18.3. The third kappa shape index (κ3) is 4.76. The Labute approximate surface area is 161 Å². The highest BCUT2D eigenvalue weighted by molar-refractivity contribution is 9.10. The minimum absolute atomic E-state index is 0.0402. The highest BCUT2D eigenvalue weighted by Crippen LogP contribution is 2.32. The fraction of sp³-hybridized carbons (Fsp3) is 0.190. The Morgan fingerprint density at radius 1 is 1.00 bits per heavy atom. The zero-order valence-corrected chi connectivity index (χ0v) is 16.1. The number of carbonyl (C=O) groups excluding carboxylic acids is 1. The van der Waals surface area contributed by atoms with Crippen LogP contribution in [0.1, 0.15) is 5.56 Å². The molecule has 0 heterocycles. The summed E-state index contributed by atoms with van der Waals surface area (Å²) in [7, 11) is 0. The van der Waals surface area contributed by atoms with Crippen molar-refractivity contribution >= 4 is 32.6 Å². The third-order valence-electron chi connectivity index (χ3n) is 3.90. The molecule has 0 aromatic heterocycles. The van der Waals surface area contributed by atoms with Crippen molar-refractivity contribution in [3.63, 3.8) is 0 Å². The summed E-state index contributed by atoms with van der Waals surface area (Å²) in [6.45, 7) is 2.82. The fourth-order valence-corrected chi connectivity index (χ4v) is 3.12. The van der Waals surface area contributed by atoms with Crippen LogP contribution in [0.5, 0.6) is 11.5 Å². The first-order valence-electron chi connectivity index (χ1n) is 8.40. The predicted octanol–water partition coefficient (Wildman–Crippen LogP) is 4.48. The minimum atomic E-state index is -0.183. The number of fused-ring (bicyclic) bond motifs is 1. The van der Waals surface area contributed by atoms with Gasteiger partial charge in [0.05, 0.1) is 11.0 Å². The van der Waals surface area contributed by atoms with Crippen LogP contribution in [0.2, 0.25) is 0 Å². The first-order chi connectivity index (χ1) is 12.6. The highest BCUT2D eigenvalue weighted by atomic mass is 79.9. The number of aryl methyl sites for hydroxylation is 1. The molecule has 0 fully saturated rings. The van der Waals surface area contributed by atoms with Crippen LogP contribution in [0.25, 0.3) is 10.8 Å². The number of hydrogen-bond acceptors (Lipinski definition) is 3. The van der Waals surface area contributed by atoms with E-state index in [0.29, 0.717) is 18.9 Å². The highest BCUT2D eigenvalue weighted by Gasteiger charge is 2.08. The van der Waals surface area contributed by atoms with E-state index in [4.69, 9.17) is 9.47 Å². The molecule has 0 radical (unpaired) electrons. The van der Waals surface area contributed by atoms with Crippen LogP contribution in [0.3, 0.4) is 0 Å². The van der Waals surface area contributed by atoms with Gasteiger partial charge in [0.1, 0.15) is 18.1 Å². The van der Waals surface area contributed by atoms with E-state index in [9.17, 15) is 4.79 Å². The van der Waals surface area contributed by atoms with E-state index in [2.05, 4.69) is 21.2 Å². The molecule has 4 nitrogen and oxygen atoms in total. The Kier molecular flexibility index (Phi) is 6.12. The normalized spacial score (nSPS) is 10.5. The molecule has 1 amide bonds. The standard InChI is InChI=1S/C21H20BrNO3/c1-15-6-9-17(10-7-15)25-13-12-23-20(24)14-26-19-11-8-16-4-2-3-5-18(16)21(19)22/h2-11H,12-14H2,1H3,(H,23,24). The number of ether oxygens (including phenoxy) is 2. The second-order valence-electron chi connectivity index (χ2n) is 5.90. The van der Waals surface area contributed by atoms with Crippen molar-refractivity contribution in [2.24, 2.45) is 0 Å². The molecule has 3 aromatic rings. The summed E-state index contributed by atoms with van der Waals surface area (Å²) >= 11 is 3.55. The van der Waals surface area contributed by atoms with Gasteiger partial charge < -0.3 is 14.8 Å². The van der Waals surface area contributed by atoms with Crippen LogP contribution in [0, 0.1) is 6.92 Å². The van der Waals surface area contributed by atoms with Crippen LogP contribution in [0.15, 0.2) is 65.1 Å². The largest absolute Gasteiger partial charge is 0.492 e. The van der Waals surface area contributed by atoms with Gasteiger partial charge in [0.2, 0.25) is 0 Å². The van der Waals surface area contributed by atoms with Crippen molar-refractivity contribution in [2.75, 3.05) is 19.8 Å². The lowest BCUT2D eigenvalue weighted by atomic mass is 10.1. The average Bonchev–Trinajstić information content (AvgIpc) is 2.66. The van der Waals surface area contributed by atoms with Crippen LogP contribution < -0.4 is 14.8 Å². The molecule has 0 aliphatic heterocycles. The molecule has 134 valence electrons. The molecule has 3 aromatic carbocycles. The lowest BCUT2D eigenvalue weighted by molar-refractivity contribution is -0.123. The monoisotopic (exact) mass is 413 g/mol. The molecule has 5 heteroatoms. The maximum atomic E-state index is 11.9. The Morgan fingerprint density at radius 3 is 2.58 bits per heavy atom. The van der Waals surface area contributed by atoms with Gasteiger partial charge in [-0.2, -0.15) is 0 Å². The van der Waals surface area contributed by atoms with E-state index in [-0.39, 0.29) is 12.5 Å². The first-order valence-corrected chi connectivity index (χ1v) is 9.19. The molecule has 0 atom stereocenters. The van der Waals surface area contributed by atoms with Gasteiger partial charge in [0.25, 0.3) is 5.91 Å². The second-order valence-corrected chi connectivity index (χ2v) is 6.69. The van der Waals surface area contributed by atoms with E-state index in [0.717, 1.165) is 21.0 Å². The molecule has 26 heavy (non-hydrogen) atoms. The van der Waals surface area contributed by atoms with Crippen molar-refractivity contribution in [1.29, 1.82) is 0 Å². The van der Waals surface area contributed by atoms with Gasteiger partial charge in [-0.3, -0.25) is 4.79 Å². The second kappa shape index (κ2) is 8.72. The molecule has 0 aliphatic carbocycles. The predicted molar refractivity (Wildman–Crippen MR) is 107 cm³/mol. The lowest BCUT2D eigenvalue weighted by Gasteiger charge is -2.11. The lowest BCUT2D eigenvalue weighted by Crippen LogP contribution is -2.32. The van der Waals surface area contributed by atoms with Crippen LogP contribution in [-0.2, 0) is 4.79 Å². The summed E-state index contributed by atoms with van der Waals surface area (Å²) in [4.78, 5) is 11.9. The number of amides is 1. The maximum absolute atomic E-state index is 11.9. The Balaban J connectivity index is 1.44. The van der Waals surface area contributed by atoms with E-state index < -0.39 is 0 Å². The number of benzene rings is 3. The molecule has 1 N–H and O–H groups in total. The zero-order chi connectivity index (χ0) is 18.4. The number of hydrogen-bond donors (Lipinski definition) is 1. The summed E-state index contributed by atoms with van der Waals surface area (Å²) in [6, 6.07) is 19.6. The summed E-state index contributed by atoms with van der Waals surface area (Å²) in [5.41, 5.74) is 1.18. The molecular formula is C21H20BrNO3. The summed E-state index contributed by atoms with van der Waals surface area (Å²) < 4.78 is 12.1. The van der Waals surface area contributed by atoms with E-state index >= 15 is 0 Å². The number of carbonyl (C=O) groups is 1. The zero-order valence-electron chi connectivity index (χ0n) is 14.5. The van der Waals surface area contributed by atoms with Gasteiger partial charge >= 0.3 is 0 Å². The maximum Gasteiger partial charge on any atom is 0.258 e. The van der Waals surface area contributed by atoms with Crippen molar-refractivity contribution in [3.05, 3.63) is 70.7 Å². The van der Waals surface area contributed by atoms with Crippen molar-refractivity contribution < 1.29 is 14.3 Å². The van der Waals surface area contributed by atoms with Crippen LogP contribution in [0.4, 0.5) is 0 Å². The number of halogens is 1. The average molecular weight is 414 g/mol. The van der Waals surface area contributed by atoms with Crippen molar-refractivity contribution in [2.45, 2.75) is 6.92 Å². The van der Waals surface area contributed by atoms with Gasteiger partial charge in [-0.1, -0.05) is 48.0 Å². The number of nitrogens with one attached hydrogen (secondary N) is 1. The smallest absolute Gasteiger partial charge is 0.258 e.